The number of hydrogen-bond donors (Lipinski definition) is 2. The predicted octanol–water partition coefficient (Wildman–Crippen LogP) is 3.67. The average molecular weight is 388 g/mol. The number of imidazole rings is 1. The molecule has 0 saturated carbocycles. The van der Waals surface area contributed by atoms with E-state index in [1.54, 1.807) is 17.0 Å². The lowest BCUT2D eigenvalue weighted by Gasteiger charge is -2.26. The van der Waals surface area contributed by atoms with Gasteiger partial charge in [0.2, 0.25) is 5.95 Å². The van der Waals surface area contributed by atoms with Crippen LogP contribution in [0, 0.1) is 5.82 Å². The summed E-state index contributed by atoms with van der Waals surface area (Å²) in [6, 6.07) is 11.8. The third kappa shape index (κ3) is 2.98. The molecule has 3 N–H and O–H groups in total. The van der Waals surface area contributed by atoms with E-state index in [0.29, 0.717) is 41.3 Å². The topological polar surface area (TPSA) is 98.7 Å². The summed E-state index contributed by atoms with van der Waals surface area (Å²) in [5.41, 5.74) is 9.35. The molecular weight excluding hydrogens is 371 g/mol. The Morgan fingerprint density at radius 3 is 2.93 bits per heavy atom. The highest BCUT2D eigenvalue weighted by atomic mass is 19.1. The van der Waals surface area contributed by atoms with Gasteiger partial charge >= 0.3 is 0 Å². The molecule has 0 fully saturated rings. The van der Waals surface area contributed by atoms with Crippen LogP contribution in [0.2, 0.25) is 0 Å². The number of ketones is 1. The summed E-state index contributed by atoms with van der Waals surface area (Å²) in [5.74, 6) is 0.566. The summed E-state index contributed by atoms with van der Waals surface area (Å²) in [4.78, 5) is 25.3. The number of nitrogens with two attached hydrogens (primary N) is 1. The molecule has 0 radical (unpaired) electrons. The molecule has 0 spiro atoms. The molecule has 8 heteroatoms. The van der Waals surface area contributed by atoms with Gasteiger partial charge in [-0.15, -0.1) is 0 Å². The van der Waals surface area contributed by atoms with E-state index in [2.05, 4.69) is 20.3 Å². The number of anilines is 2. The molecule has 1 aliphatic rings. The molecule has 0 unspecified atom stereocenters. The first-order valence-electron chi connectivity index (χ1n) is 9.24. The standard InChI is InChI=1S/C21H17FN6O/c22-12-5-6-17-18(9-12)28(11-25-17)21-24-10-15(23)20(27-21)26-16-7-8-19(29)14-4-2-1-3-13(14)16/h1-6,9-11,16H,7-8,23H2,(H,24,26,27)/t16-/m1/s1. The molecule has 0 bridgehead atoms. The van der Waals surface area contributed by atoms with Gasteiger partial charge in [0.1, 0.15) is 12.1 Å². The zero-order chi connectivity index (χ0) is 20.0. The molecule has 1 aliphatic carbocycles. The number of nitrogens with one attached hydrogen (secondary N) is 1. The fourth-order valence-corrected chi connectivity index (χ4v) is 3.69. The van der Waals surface area contributed by atoms with Gasteiger partial charge in [-0.05, 0) is 24.1 Å². The number of hydrogen-bond acceptors (Lipinski definition) is 6. The van der Waals surface area contributed by atoms with Crippen LogP contribution in [0.4, 0.5) is 15.9 Å². The number of rotatable bonds is 3. The van der Waals surface area contributed by atoms with Crippen LogP contribution < -0.4 is 11.1 Å². The number of carbonyl (C=O) groups is 1. The number of fused-ring (bicyclic) bond motifs is 2. The zero-order valence-electron chi connectivity index (χ0n) is 15.3. The second-order valence-corrected chi connectivity index (χ2v) is 6.97. The van der Waals surface area contributed by atoms with Crippen LogP contribution in [0.1, 0.15) is 34.8 Å². The fraction of sp³-hybridized carbons (Fsp3) is 0.143. The second-order valence-electron chi connectivity index (χ2n) is 6.97. The number of aromatic nitrogens is 4. The summed E-state index contributed by atoms with van der Waals surface area (Å²) in [5, 5.41) is 3.35. The van der Waals surface area contributed by atoms with Crippen molar-refractivity contribution in [2.24, 2.45) is 0 Å². The van der Waals surface area contributed by atoms with E-state index in [0.717, 1.165) is 11.1 Å². The molecule has 0 amide bonds. The van der Waals surface area contributed by atoms with Crippen molar-refractivity contribution in [1.82, 2.24) is 19.5 Å². The summed E-state index contributed by atoms with van der Waals surface area (Å²) in [6.07, 6.45) is 4.16. The minimum Gasteiger partial charge on any atom is -0.394 e. The first kappa shape index (κ1) is 17.3. The number of benzene rings is 2. The van der Waals surface area contributed by atoms with E-state index in [-0.39, 0.29) is 17.6 Å². The third-order valence-electron chi connectivity index (χ3n) is 5.14. The molecule has 0 aliphatic heterocycles. The molecule has 2 heterocycles. The van der Waals surface area contributed by atoms with Gasteiger partial charge in [0, 0.05) is 18.1 Å². The SMILES string of the molecule is Nc1cnc(-n2cnc3ccc(F)cc32)nc1N[C@@H]1CCC(=O)c2ccccc21. The van der Waals surface area contributed by atoms with Gasteiger partial charge in [0.15, 0.2) is 11.6 Å². The van der Waals surface area contributed by atoms with Crippen LogP contribution in [0.5, 0.6) is 0 Å². The van der Waals surface area contributed by atoms with Crippen molar-refractivity contribution in [2.45, 2.75) is 18.9 Å². The Kier molecular flexibility index (Phi) is 3.97. The Morgan fingerprint density at radius 1 is 1.17 bits per heavy atom. The highest BCUT2D eigenvalue weighted by Crippen LogP contribution is 2.33. The van der Waals surface area contributed by atoms with E-state index in [9.17, 15) is 9.18 Å². The average Bonchev–Trinajstić information content (AvgIpc) is 3.15. The predicted molar refractivity (Wildman–Crippen MR) is 107 cm³/mol. The normalized spacial score (nSPS) is 16.0. The van der Waals surface area contributed by atoms with Gasteiger partial charge in [-0.25, -0.2) is 14.4 Å². The largest absolute Gasteiger partial charge is 0.394 e. The Balaban J connectivity index is 1.53. The maximum Gasteiger partial charge on any atom is 0.237 e. The molecule has 7 nitrogen and oxygen atoms in total. The van der Waals surface area contributed by atoms with Crippen molar-refractivity contribution < 1.29 is 9.18 Å². The van der Waals surface area contributed by atoms with Gasteiger partial charge in [-0.2, -0.15) is 4.98 Å². The molecular formula is C21H17FN6O. The number of nitrogens with zero attached hydrogens (tertiary/aromatic N) is 4. The van der Waals surface area contributed by atoms with Crippen LogP contribution >= 0.6 is 0 Å². The van der Waals surface area contributed by atoms with Crippen LogP contribution in [0.25, 0.3) is 17.0 Å². The van der Waals surface area contributed by atoms with Crippen molar-refractivity contribution in [3.05, 3.63) is 71.9 Å². The summed E-state index contributed by atoms with van der Waals surface area (Å²) in [7, 11) is 0. The van der Waals surface area contributed by atoms with Crippen molar-refractivity contribution in [1.29, 1.82) is 0 Å². The van der Waals surface area contributed by atoms with E-state index in [1.807, 2.05) is 24.3 Å². The summed E-state index contributed by atoms with van der Waals surface area (Å²) >= 11 is 0. The Labute approximate surface area is 165 Å². The third-order valence-corrected chi connectivity index (χ3v) is 5.14. The van der Waals surface area contributed by atoms with Crippen molar-refractivity contribution in [3.8, 4) is 5.95 Å². The summed E-state index contributed by atoms with van der Waals surface area (Å²) < 4.78 is 15.3. The first-order chi connectivity index (χ1) is 14.1. The highest BCUT2D eigenvalue weighted by Gasteiger charge is 2.26. The Bertz CT molecular complexity index is 1250. The zero-order valence-corrected chi connectivity index (χ0v) is 15.3. The van der Waals surface area contributed by atoms with E-state index in [1.165, 1.54) is 18.3 Å². The quantitative estimate of drug-likeness (QED) is 0.556. The van der Waals surface area contributed by atoms with Crippen molar-refractivity contribution >= 4 is 28.3 Å². The molecule has 2 aromatic heterocycles. The smallest absolute Gasteiger partial charge is 0.237 e. The molecule has 1 atom stereocenters. The van der Waals surface area contributed by atoms with Crippen LogP contribution in [0.3, 0.4) is 0 Å². The molecule has 5 rings (SSSR count). The molecule has 29 heavy (non-hydrogen) atoms. The lowest BCUT2D eigenvalue weighted by Crippen LogP contribution is -2.22. The number of halogens is 1. The Morgan fingerprint density at radius 2 is 2.03 bits per heavy atom. The maximum atomic E-state index is 13.7. The van der Waals surface area contributed by atoms with Crippen molar-refractivity contribution in [2.75, 3.05) is 11.1 Å². The molecule has 0 saturated heterocycles. The minimum atomic E-state index is -0.364. The monoisotopic (exact) mass is 388 g/mol. The van der Waals surface area contributed by atoms with E-state index < -0.39 is 0 Å². The van der Waals surface area contributed by atoms with Crippen molar-refractivity contribution in [3.63, 3.8) is 0 Å². The molecule has 144 valence electrons. The van der Waals surface area contributed by atoms with E-state index in [4.69, 9.17) is 5.73 Å². The second kappa shape index (κ2) is 6.66. The lowest BCUT2D eigenvalue weighted by molar-refractivity contribution is 0.0968. The fourth-order valence-electron chi connectivity index (χ4n) is 3.69. The van der Waals surface area contributed by atoms with Gasteiger partial charge in [0.05, 0.1) is 29.0 Å². The maximum absolute atomic E-state index is 13.7. The molecule has 2 aromatic carbocycles. The van der Waals surface area contributed by atoms with Gasteiger partial charge < -0.3 is 11.1 Å². The number of Topliss-reactive ketones (excluding diaryl/α,β-unsaturated/α-hetero) is 1. The lowest BCUT2D eigenvalue weighted by atomic mass is 9.87. The highest BCUT2D eigenvalue weighted by molar-refractivity contribution is 5.99. The first-order valence-corrected chi connectivity index (χ1v) is 9.24. The van der Waals surface area contributed by atoms with Crippen LogP contribution in [-0.4, -0.2) is 25.3 Å². The minimum absolute atomic E-state index is 0.0917. The van der Waals surface area contributed by atoms with E-state index >= 15 is 0 Å². The molecule has 4 aromatic rings. The van der Waals surface area contributed by atoms with Crippen LogP contribution in [0.15, 0.2) is 55.0 Å². The van der Waals surface area contributed by atoms with Gasteiger partial charge in [-0.3, -0.25) is 9.36 Å². The van der Waals surface area contributed by atoms with Crippen LogP contribution in [-0.2, 0) is 0 Å². The number of carbonyl (C=O) groups excluding carboxylic acids is 1. The van der Waals surface area contributed by atoms with Gasteiger partial charge in [-0.1, -0.05) is 24.3 Å². The number of nitrogen functional groups attached to an aromatic ring is 1. The summed E-state index contributed by atoms with van der Waals surface area (Å²) in [6.45, 7) is 0. The van der Waals surface area contributed by atoms with Gasteiger partial charge in [0.25, 0.3) is 0 Å². The Hall–Kier alpha value is -3.81.